The summed E-state index contributed by atoms with van der Waals surface area (Å²) in [5.74, 6) is -1.12. The third kappa shape index (κ3) is 6.97. The average molecular weight is 425 g/mol. The molecular weight excluding hydrogens is 410 g/mol. The van der Waals surface area contributed by atoms with Gasteiger partial charge in [0, 0.05) is 11.6 Å². The lowest BCUT2D eigenvalue weighted by Gasteiger charge is -2.13. The number of hydrogen-bond donors (Lipinski definition) is 1. The Morgan fingerprint density at radius 3 is 2.30 bits per heavy atom. The highest BCUT2D eigenvalue weighted by Gasteiger charge is 2.15. The van der Waals surface area contributed by atoms with Crippen molar-refractivity contribution in [3.63, 3.8) is 0 Å². The zero-order chi connectivity index (χ0) is 22.1. The molecule has 1 amide bonds. The van der Waals surface area contributed by atoms with Gasteiger partial charge in [-0.1, -0.05) is 0 Å². The van der Waals surface area contributed by atoms with Crippen LogP contribution in [0.3, 0.4) is 0 Å². The second-order valence-electron chi connectivity index (χ2n) is 5.57. The van der Waals surface area contributed by atoms with Crippen molar-refractivity contribution in [2.45, 2.75) is 20.1 Å². The summed E-state index contributed by atoms with van der Waals surface area (Å²) in [6.45, 7) is -5.36. The number of benzene rings is 2. The van der Waals surface area contributed by atoms with Gasteiger partial charge in [0.15, 0.2) is 6.61 Å². The first-order valence-corrected chi connectivity index (χ1v) is 8.28. The lowest BCUT2D eigenvalue weighted by atomic mass is 10.1. The van der Waals surface area contributed by atoms with Crippen LogP contribution in [0.2, 0.25) is 0 Å². The Kier molecular flexibility index (Phi) is 7.99. The van der Waals surface area contributed by atoms with E-state index in [2.05, 4.69) is 20.0 Å². The molecule has 0 aliphatic carbocycles. The van der Waals surface area contributed by atoms with Gasteiger partial charge in [0.2, 0.25) is 0 Å². The molecule has 0 unspecified atom stereocenters. The Labute approximate surface area is 168 Å². The first-order valence-electron chi connectivity index (χ1n) is 8.28. The summed E-state index contributed by atoms with van der Waals surface area (Å²) in [6, 6.07) is 11.2. The Hall–Kier alpha value is -3.81. The fourth-order valence-corrected chi connectivity index (χ4v) is 2.18. The maximum absolute atomic E-state index is 12.6. The molecule has 2 rings (SSSR count). The number of amides is 1. The third-order valence-corrected chi connectivity index (χ3v) is 3.49. The van der Waals surface area contributed by atoms with Gasteiger partial charge in [-0.05, 0) is 43.3 Å². The van der Waals surface area contributed by atoms with E-state index < -0.39 is 31.5 Å². The minimum absolute atomic E-state index is 0.0326. The predicted molar refractivity (Wildman–Crippen MR) is 96.7 cm³/mol. The van der Waals surface area contributed by atoms with Gasteiger partial charge in [-0.15, -0.1) is 0 Å². The number of hydrazone groups is 1. The van der Waals surface area contributed by atoms with Gasteiger partial charge in [0.25, 0.3) is 5.91 Å². The minimum Gasteiger partial charge on any atom is -0.484 e. The first-order chi connectivity index (χ1) is 14.3. The van der Waals surface area contributed by atoms with E-state index in [1.54, 1.807) is 0 Å². The van der Waals surface area contributed by atoms with Gasteiger partial charge in [-0.25, -0.2) is 5.43 Å². The summed E-state index contributed by atoms with van der Waals surface area (Å²) in [5.41, 5.74) is 2.71. The molecule has 0 aliphatic rings. The summed E-state index contributed by atoms with van der Waals surface area (Å²) < 4.78 is 63.6. The van der Waals surface area contributed by atoms with E-state index in [0.29, 0.717) is 11.3 Å². The maximum Gasteiger partial charge on any atom is 0.387 e. The van der Waals surface area contributed by atoms with Gasteiger partial charge >= 0.3 is 13.2 Å². The van der Waals surface area contributed by atoms with Gasteiger partial charge < -0.3 is 14.2 Å². The van der Waals surface area contributed by atoms with Crippen molar-refractivity contribution in [2.75, 3.05) is 6.61 Å². The van der Waals surface area contributed by atoms with Crippen LogP contribution in [0.15, 0.2) is 47.6 Å². The molecule has 0 bridgehead atoms. The van der Waals surface area contributed by atoms with E-state index in [1.807, 2.05) is 6.07 Å². The zero-order valence-electron chi connectivity index (χ0n) is 15.4. The molecule has 7 nitrogen and oxygen atoms in total. The first kappa shape index (κ1) is 22.5. The number of nitrogens with zero attached hydrogens (tertiary/aromatic N) is 2. The molecule has 0 radical (unpaired) electrons. The van der Waals surface area contributed by atoms with Crippen LogP contribution in [0, 0.1) is 11.3 Å². The number of halogens is 4. The molecular formula is C19H15F4N3O4. The molecule has 0 saturated heterocycles. The Bertz CT molecular complexity index is 944. The molecule has 30 heavy (non-hydrogen) atoms. The van der Waals surface area contributed by atoms with Crippen LogP contribution in [0.4, 0.5) is 17.6 Å². The van der Waals surface area contributed by atoms with Gasteiger partial charge in [-0.2, -0.15) is 27.9 Å². The van der Waals surface area contributed by atoms with E-state index in [1.165, 1.54) is 37.3 Å². The van der Waals surface area contributed by atoms with Crippen LogP contribution in [-0.4, -0.2) is 31.4 Å². The topological polar surface area (TPSA) is 92.9 Å². The maximum atomic E-state index is 12.6. The van der Waals surface area contributed by atoms with Crippen LogP contribution in [0.5, 0.6) is 17.2 Å². The summed E-state index contributed by atoms with van der Waals surface area (Å²) in [6.07, 6.45) is 0. The van der Waals surface area contributed by atoms with Crippen molar-refractivity contribution in [1.82, 2.24) is 5.43 Å². The summed E-state index contributed by atoms with van der Waals surface area (Å²) in [5, 5.41) is 12.5. The minimum atomic E-state index is -3.21. The molecule has 1 N–H and O–H groups in total. The summed E-state index contributed by atoms with van der Waals surface area (Å²) in [7, 11) is 0. The van der Waals surface area contributed by atoms with Crippen molar-refractivity contribution in [1.29, 1.82) is 5.26 Å². The molecule has 0 aliphatic heterocycles. The Morgan fingerprint density at radius 2 is 1.70 bits per heavy atom. The number of carbonyl (C=O) groups excluding carboxylic acids is 1. The largest absolute Gasteiger partial charge is 0.484 e. The van der Waals surface area contributed by atoms with Crippen molar-refractivity contribution in [2.24, 2.45) is 5.10 Å². The highest BCUT2D eigenvalue weighted by atomic mass is 19.3. The monoisotopic (exact) mass is 425 g/mol. The number of ether oxygens (including phenoxy) is 3. The number of alkyl halides is 4. The third-order valence-electron chi connectivity index (χ3n) is 3.49. The quantitative estimate of drug-likeness (QED) is 0.376. The number of nitriles is 1. The summed E-state index contributed by atoms with van der Waals surface area (Å²) in [4.78, 5) is 11.9. The number of carbonyl (C=O) groups is 1. The van der Waals surface area contributed by atoms with E-state index in [9.17, 15) is 22.4 Å². The van der Waals surface area contributed by atoms with Gasteiger partial charge in [0.1, 0.15) is 17.2 Å². The molecule has 0 aromatic heterocycles. The second kappa shape index (κ2) is 10.7. The van der Waals surface area contributed by atoms with E-state index >= 15 is 0 Å². The molecule has 0 saturated carbocycles. The lowest BCUT2D eigenvalue weighted by Crippen LogP contribution is -2.25. The fourth-order valence-electron chi connectivity index (χ4n) is 2.18. The van der Waals surface area contributed by atoms with Crippen molar-refractivity contribution in [3.05, 3.63) is 53.6 Å². The number of rotatable bonds is 9. The molecule has 0 spiro atoms. The molecule has 0 heterocycles. The van der Waals surface area contributed by atoms with Gasteiger partial charge in [0.05, 0.1) is 17.3 Å². The molecule has 11 heteroatoms. The van der Waals surface area contributed by atoms with E-state index in [4.69, 9.17) is 10.00 Å². The Balaban J connectivity index is 2.03. The lowest BCUT2D eigenvalue weighted by molar-refractivity contribution is -0.123. The van der Waals surface area contributed by atoms with Crippen molar-refractivity contribution < 1.29 is 36.6 Å². The number of nitrogens with one attached hydrogen (secondary N) is 1. The second-order valence-corrected chi connectivity index (χ2v) is 5.57. The van der Waals surface area contributed by atoms with E-state index in [0.717, 1.165) is 12.1 Å². The standard InChI is InChI=1S/C19H15F4N3O4/c1-11(15-7-6-14(29-18(20)21)8-16(15)30-19(22)23)25-26-17(27)10-28-13-4-2-12(9-24)3-5-13/h2-8,18-19H,10H2,1H3,(H,26,27)/b25-11+. The predicted octanol–water partition coefficient (Wildman–Crippen LogP) is 3.68. The van der Waals surface area contributed by atoms with Crippen LogP contribution in [0.25, 0.3) is 0 Å². The SMILES string of the molecule is C/C(=N\NC(=O)COc1ccc(C#N)cc1)c1ccc(OC(F)F)cc1OC(F)F. The Morgan fingerprint density at radius 1 is 1.07 bits per heavy atom. The zero-order valence-corrected chi connectivity index (χ0v) is 15.4. The van der Waals surface area contributed by atoms with Crippen LogP contribution in [-0.2, 0) is 4.79 Å². The highest BCUT2D eigenvalue weighted by Crippen LogP contribution is 2.28. The molecule has 2 aromatic rings. The molecule has 0 atom stereocenters. The highest BCUT2D eigenvalue weighted by molar-refractivity contribution is 6.01. The molecule has 2 aromatic carbocycles. The van der Waals surface area contributed by atoms with E-state index in [-0.39, 0.29) is 17.0 Å². The average Bonchev–Trinajstić information content (AvgIpc) is 2.70. The smallest absolute Gasteiger partial charge is 0.387 e. The molecule has 0 fully saturated rings. The molecule has 158 valence electrons. The van der Waals surface area contributed by atoms with Crippen LogP contribution >= 0.6 is 0 Å². The van der Waals surface area contributed by atoms with Crippen molar-refractivity contribution in [3.8, 4) is 23.3 Å². The number of hydrogen-bond acceptors (Lipinski definition) is 6. The van der Waals surface area contributed by atoms with Crippen LogP contribution < -0.4 is 19.6 Å². The van der Waals surface area contributed by atoms with Gasteiger partial charge in [-0.3, -0.25) is 4.79 Å². The fraction of sp³-hybridized carbons (Fsp3) is 0.211. The normalized spacial score (nSPS) is 11.2. The van der Waals surface area contributed by atoms with Crippen molar-refractivity contribution >= 4 is 11.6 Å². The summed E-state index contributed by atoms with van der Waals surface area (Å²) >= 11 is 0. The van der Waals surface area contributed by atoms with Crippen LogP contribution in [0.1, 0.15) is 18.1 Å².